The van der Waals surface area contributed by atoms with Crippen LogP contribution in [-0.4, -0.2) is 23.7 Å². The Kier molecular flexibility index (Phi) is 7.56. The number of carbonyl (C=O) groups is 1. The van der Waals surface area contributed by atoms with Crippen LogP contribution in [0, 0.1) is 10.1 Å². The van der Waals surface area contributed by atoms with Crippen molar-refractivity contribution in [3.8, 4) is 11.5 Å². The molecule has 0 radical (unpaired) electrons. The molecule has 0 fully saturated rings. The molecule has 0 aliphatic rings. The van der Waals surface area contributed by atoms with Gasteiger partial charge in [-0.2, -0.15) is 5.10 Å². The number of amides is 1. The summed E-state index contributed by atoms with van der Waals surface area (Å²) < 4.78 is 11.0. The lowest BCUT2D eigenvalue weighted by molar-refractivity contribution is -0.384. The first-order chi connectivity index (χ1) is 15.0. The van der Waals surface area contributed by atoms with Gasteiger partial charge in [0.15, 0.2) is 6.61 Å². The lowest BCUT2D eigenvalue weighted by Gasteiger charge is -2.06. The van der Waals surface area contributed by atoms with Gasteiger partial charge in [0.05, 0.1) is 11.1 Å². The van der Waals surface area contributed by atoms with Crippen LogP contribution in [0.5, 0.6) is 11.5 Å². The molecule has 0 atom stereocenters. The highest BCUT2D eigenvalue weighted by molar-refractivity contribution is 6.30. The predicted molar refractivity (Wildman–Crippen MR) is 117 cm³/mol. The third-order valence-corrected chi connectivity index (χ3v) is 4.27. The maximum Gasteiger partial charge on any atom is 0.277 e. The Morgan fingerprint density at radius 1 is 0.968 bits per heavy atom. The average molecular weight is 440 g/mol. The molecule has 3 aromatic rings. The maximum absolute atomic E-state index is 11.8. The van der Waals surface area contributed by atoms with Gasteiger partial charge in [-0.1, -0.05) is 11.6 Å². The molecule has 8 nitrogen and oxygen atoms in total. The Hall–Kier alpha value is -3.91. The van der Waals surface area contributed by atoms with E-state index in [1.54, 1.807) is 60.7 Å². The zero-order valence-corrected chi connectivity index (χ0v) is 17.0. The third kappa shape index (κ3) is 7.13. The predicted octanol–water partition coefficient (Wildman–Crippen LogP) is 4.36. The summed E-state index contributed by atoms with van der Waals surface area (Å²) >= 11 is 5.79. The third-order valence-electron chi connectivity index (χ3n) is 4.02. The van der Waals surface area contributed by atoms with Gasteiger partial charge in [0, 0.05) is 17.2 Å². The van der Waals surface area contributed by atoms with Gasteiger partial charge in [-0.05, 0) is 71.8 Å². The summed E-state index contributed by atoms with van der Waals surface area (Å²) in [5.74, 6) is 0.776. The first-order valence-electron chi connectivity index (χ1n) is 9.16. The zero-order valence-electron chi connectivity index (χ0n) is 16.2. The summed E-state index contributed by atoms with van der Waals surface area (Å²) in [6, 6.07) is 20.0. The molecular formula is C22H18ClN3O5. The van der Waals surface area contributed by atoms with Crippen molar-refractivity contribution >= 4 is 29.4 Å². The van der Waals surface area contributed by atoms with Gasteiger partial charge in [0.1, 0.15) is 18.1 Å². The summed E-state index contributed by atoms with van der Waals surface area (Å²) in [5.41, 5.74) is 4.01. The summed E-state index contributed by atoms with van der Waals surface area (Å²) in [6.07, 6.45) is 1.50. The number of nitro benzene ring substituents is 1. The number of hydrogen-bond donors (Lipinski definition) is 1. The van der Waals surface area contributed by atoms with Crippen molar-refractivity contribution in [2.24, 2.45) is 5.10 Å². The lowest BCUT2D eigenvalue weighted by Crippen LogP contribution is -2.24. The van der Waals surface area contributed by atoms with E-state index in [9.17, 15) is 14.9 Å². The quantitative estimate of drug-likeness (QED) is 0.303. The maximum atomic E-state index is 11.8. The van der Waals surface area contributed by atoms with Crippen LogP contribution in [0.1, 0.15) is 11.1 Å². The highest BCUT2D eigenvalue weighted by atomic mass is 35.5. The zero-order chi connectivity index (χ0) is 22.1. The molecule has 9 heteroatoms. The first-order valence-corrected chi connectivity index (χ1v) is 9.54. The second-order valence-electron chi connectivity index (χ2n) is 6.32. The fraction of sp³-hybridized carbons (Fsp3) is 0.0909. The molecule has 31 heavy (non-hydrogen) atoms. The van der Waals surface area contributed by atoms with Gasteiger partial charge in [0.25, 0.3) is 11.6 Å². The normalized spacial score (nSPS) is 10.6. The van der Waals surface area contributed by atoms with E-state index in [0.717, 1.165) is 11.1 Å². The van der Waals surface area contributed by atoms with Crippen molar-refractivity contribution in [3.05, 3.63) is 99.1 Å². The minimum atomic E-state index is -0.444. The van der Waals surface area contributed by atoms with Gasteiger partial charge in [-0.25, -0.2) is 5.43 Å². The topological polar surface area (TPSA) is 103 Å². The number of hydrazone groups is 1. The van der Waals surface area contributed by atoms with Crippen LogP contribution in [0.4, 0.5) is 5.69 Å². The van der Waals surface area contributed by atoms with Gasteiger partial charge < -0.3 is 9.47 Å². The Morgan fingerprint density at radius 3 is 2.23 bits per heavy atom. The van der Waals surface area contributed by atoms with Crippen LogP contribution in [0.15, 0.2) is 77.9 Å². The van der Waals surface area contributed by atoms with Crippen LogP contribution >= 0.6 is 11.6 Å². The van der Waals surface area contributed by atoms with Gasteiger partial charge >= 0.3 is 0 Å². The second kappa shape index (κ2) is 10.7. The van der Waals surface area contributed by atoms with Crippen molar-refractivity contribution in [2.75, 3.05) is 6.61 Å². The fourth-order valence-electron chi connectivity index (χ4n) is 2.42. The van der Waals surface area contributed by atoms with E-state index in [1.807, 2.05) is 0 Å². The van der Waals surface area contributed by atoms with Crippen LogP contribution in [0.2, 0.25) is 5.02 Å². The molecule has 0 saturated carbocycles. The standard InChI is InChI=1S/C22H18ClN3O5/c23-18-5-11-21(12-6-18)31-15-22(27)25-24-13-16-3-9-20(10-4-16)30-14-17-1-7-19(8-2-17)26(28)29/h1-13H,14-15H2,(H,25,27)/b24-13-. The van der Waals surface area contributed by atoms with Crippen LogP contribution in [0.25, 0.3) is 0 Å². The number of rotatable bonds is 9. The monoisotopic (exact) mass is 439 g/mol. The molecular weight excluding hydrogens is 422 g/mol. The summed E-state index contributed by atoms with van der Waals surface area (Å²) in [4.78, 5) is 22.0. The van der Waals surface area contributed by atoms with E-state index in [4.69, 9.17) is 21.1 Å². The molecule has 0 aliphatic heterocycles. The minimum absolute atomic E-state index is 0.0380. The Labute approximate surface area is 183 Å². The Balaban J connectivity index is 1.41. The van der Waals surface area contributed by atoms with E-state index in [2.05, 4.69) is 10.5 Å². The highest BCUT2D eigenvalue weighted by Gasteiger charge is 2.04. The minimum Gasteiger partial charge on any atom is -0.489 e. The Bertz CT molecular complexity index is 1050. The number of benzene rings is 3. The molecule has 0 heterocycles. The summed E-state index contributed by atoms with van der Waals surface area (Å²) in [5, 5.41) is 15.1. The van der Waals surface area contributed by atoms with Gasteiger partial charge in [0.2, 0.25) is 0 Å². The van der Waals surface area contributed by atoms with Gasteiger partial charge in [-0.3, -0.25) is 14.9 Å². The lowest BCUT2D eigenvalue weighted by atomic mass is 10.2. The summed E-state index contributed by atoms with van der Waals surface area (Å²) in [7, 11) is 0. The van der Waals surface area contributed by atoms with Crippen molar-refractivity contribution < 1.29 is 19.2 Å². The number of carbonyl (C=O) groups excluding carboxylic acids is 1. The van der Waals surface area contributed by atoms with E-state index >= 15 is 0 Å². The van der Waals surface area contributed by atoms with Gasteiger partial charge in [-0.15, -0.1) is 0 Å². The van der Waals surface area contributed by atoms with Crippen LogP contribution in [0.3, 0.4) is 0 Å². The van der Waals surface area contributed by atoms with Crippen molar-refractivity contribution in [1.29, 1.82) is 0 Å². The molecule has 0 spiro atoms. The smallest absolute Gasteiger partial charge is 0.277 e. The van der Waals surface area contributed by atoms with Crippen molar-refractivity contribution in [2.45, 2.75) is 6.61 Å². The molecule has 3 rings (SSSR count). The SMILES string of the molecule is O=C(COc1ccc(Cl)cc1)N/N=C\c1ccc(OCc2ccc([N+](=O)[O-])cc2)cc1. The van der Waals surface area contributed by atoms with Crippen LogP contribution in [-0.2, 0) is 11.4 Å². The molecule has 1 amide bonds. The number of hydrogen-bond acceptors (Lipinski definition) is 6. The van der Waals surface area contributed by atoms with E-state index < -0.39 is 10.8 Å². The number of nitrogens with one attached hydrogen (secondary N) is 1. The molecule has 0 aliphatic carbocycles. The number of nitro groups is 1. The fourth-order valence-corrected chi connectivity index (χ4v) is 2.55. The van der Waals surface area contributed by atoms with E-state index in [0.29, 0.717) is 16.5 Å². The Morgan fingerprint density at radius 2 is 1.58 bits per heavy atom. The highest BCUT2D eigenvalue weighted by Crippen LogP contribution is 2.17. The average Bonchev–Trinajstić information content (AvgIpc) is 2.78. The molecule has 0 unspecified atom stereocenters. The van der Waals surface area contributed by atoms with Crippen molar-refractivity contribution in [3.63, 3.8) is 0 Å². The number of halogens is 1. The summed E-state index contributed by atoms with van der Waals surface area (Å²) in [6.45, 7) is 0.115. The van der Waals surface area contributed by atoms with Crippen LogP contribution < -0.4 is 14.9 Å². The number of ether oxygens (including phenoxy) is 2. The van der Waals surface area contributed by atoms with E-state index in [1.165, 1.54) is 18.3 Å². The molecule has 3 aromatic carbocycles. The number of non-ortho nitro benzene ring substituents is 1. The second-order valence-corrected chi connectivity index (χ2v) is 6.75. The molecule has 0 aromatic heterocycles. The van der Waals surface area contributed by atoms with E-state index in [-0.39, 0.29) is 18.9 Å². The molecule has 158 valence electrons. The molecule has 0 saturated heterocycles. The molecule has 1 N–H and O–H groups in total. The first kappa shape index (κ1) is 21.8. The van der Waals surface area contributed by atoms with Crippen molar-refractivity contribution in [1.82, 2.24) is 5.43 Å². The number of nitrogens with zero attached hydrogens (tertiary/aromatic N) is 2. The molecule has 0 bridgehead atoms. The largest absolute Gasteiger partial charge is 0.489 e.